The quantitative estimate of drug-likeness (QED) is 0.893. The number of amides is 2. The zero-order valence-corrected chi connectivity index (χ0v) is 15.6. The lowest BCUT2D eigenvalue weighted by Crippen LogP contribution is -2.31. The molecule has 1 N–H and O–H groups in total. The maximum absolute atomic E-state index is 12.4. The van der Waals surface area contributed by atoms with E-state index in [0.717, 1.165) is 23.4 Å². The van der Waals surface area contributed by atoms with Crippen LogP contribution in [0.25, 0.3) is 0 Å². The summed E-state index contributed by atoms with van der Waals surface area (Å²) in [6.07, 6.45) is 0.827. The van der Waals surface area contributed by atoms with Gasteiger partial charge in [0.1, 0.15) is 0 Å². The highest BCUT2D eigenvalue weighted by Gasteiger charge is 2.22. The molecular formula is C19H23N3O2S. The smallest absolute Gasteiger partial charge is 0.238 e. The van der Waals surface area contributed by atoms with E-state index in [1.54, 1.807) is 23.2 Å². The van der Waals surface area contributed by atoms with Crippen molar-refractivity contribution in [2.24, 2.45) is 0 Å². The summed E-state index contributed by atoms with van der Waals surface area (Å²) in [4.78, 5) is 29.0. The topological polar surface area (TPSA) is 52.7 Å². The van der Waals surface area contributed by atoms with Gasteiger partial charge in [0.05, 0.1) is 6.54 Å². The lowest BCUT2D eigenvalue weighted by molar-refractivity contribution is -0.117. The molecule has 0 spiro atoms. The zero-order valence-electron chi connectivity index (χ0n) is 14.8. The fraction of sp³-hybridized carbons (Fsp3) is 0.368. The van der Waals surface area contributed by atoms with E-state index in [-0.39, 0.29) is 17.9 Å². The van der Waals surface area contributed by atoms with Crippen molar-refractivity contribution < 1.29 is 9.59 Å². The van der Waals surface area contributed by atoms with E-state index in [1.807, 2.05) is 36.2 Å². The molecule has 2 amide bonds. The number of carbonyl (C=O) groups excluding carboxylic acids is 2. The third-order valence-electron chi connectivity index (χ3n) is 4.65. The van der Waals surface area contributed by atoms with E-state index in [0.29, 0.717) is 13.1 Å². The number of anilines is 2. The Bertz CT molecular complexity index is 773. The van der Waals surface area contributed by atoms with Crippen molar-refractivity contribution in [2.75, 3.05) is 30.4 Å². The summed E-state index contributed by atoms with van der Waals surface area (Å²) >= 11 is 1.70. The average Bonchev–Trinajstić information content (AvgIpc) is 3.23. The molecule has 2 aromatic rings. The normalized spacial score (nSPS) is 14.5. The third-order valence-corrected chi connectivity index (χ3v) is 5.69. The van der Waals surface area contributed by atoms with Crippen molar-refractivity contribution in [1.82, 2.24) is 4.90 Å². The molecule has 0 saturated heterocycles. The van der Waals surface area contributed by atoms with E-state index in [4.69, 9.17) is 0 Å². The standard InChI is InChI=1S/C19H23N3O2S/c1-13(18-5-4-10-25-18)21(3)12-19(24)20-16-6-7-17-15(11-16)8-9-22(17)14(2)23/h4-7,10-11,13H,8-9,12H2,1-3H3,(H,20,24). The number of nitrogens with zero attached hydrogens (tertiary/aromatic N) is 2. The summed E-state index contributed by atoms with van der Waals surface area (Å²) in [5, 5.41) is 5.02. The maximum atomic E-state index is 12.4. The summed E-state index contributed by atoms with van der Waals surface area (Å²) in [5.74, 6) is 0.0204. The van der Waals surface area contributed by atoms with Gasteiger partial charge < -0.3 is 10.2 Å². The van der Waals surface area contributed by atoms with Gasteiger partial charge in [-0.05, 0) is 55.6 Å². The fourth-order valence-corrected chi connectivity index (χ4v) is 3.97. The van der Waals surface area contributed by atoms with Crippen LogP contribution in [0.1, 0.15) is 30.3 Å². The van der Waals surface area contributed by atoms with E-state index in [9.17, 15) is 9.59 Å². The Hall–Kier alpha value is -2.18. The van der Waals surface area contributed by atoms with Crippen LogP contribution in [0.2, 0.25) is 0 Å². The Kier molecular flexibility index (Phi) is 5.20. The molecule has 6 heteroatoms. The first-order valence-electron chi connectivity index (χ1n) is 8.40. The molecule has 1 atom stereocenters. The Morgan fingerprint density at radius 3 is 2.84 bits per heavy atom. The van der Waals surface area contributed by atoms with Crippen LogP contribution in [0.4, 0.5) is 11.4 Å². The minimum Gasteiger partial charge on any atom is -0.325 e. The second-order valence-corrected chi connectivity index (χ2v) is 7.40. The average molecular weight is 357 g/mol. The van der Waals surface area contributed by atoms with Crippen LogP contribution < -0.4 is 10.2 Å². The van der Waals surface area contributed by atoms with Crippen molar-refractivity contribution in [3.8, 4) is 0 Å². The van der Waals surface area contributed by atoms with Crippen molar-refractivity contribution in [2.45, 2.75) is 26.3 Å². The maximum Gasteiger partial charge on any atom is 0.238 e. The summed E-state index contributed by atoms with van der Waals surface area (Å²) in [5.41, 5.74) is 2.84. The minimum absolute atomic E-state index is 0.0349. The van der Waals surface area contributed by atoms with Gasteiger partial charge in [-0.3, -0.25) is 14.5 Å². The highest BCUT2D eigenvalue weighted by molar-refractivity contribution is 7.10. The lowest BCUT2D eigenvalue weighted by Gasteiger charge is -2.23. The molecule has 132 valence electrons. The van der Waals surface area contributed by atoms with Gasteiger partial charge >= 0.3 is 0 Å². The minimum atomic E-state index is -0.0349. The SMILES string of the molecule is CC(=O)N1CCc2cc(NC(=O)CN(C)C(C)c3cccs3)ccc21. The number of nitrogens with one attached hydrogen (secondary N) is 1. The number of hydrogen-bond acceptors (Lipinski definition) is 4. The van der Waals surface area contributed by atoms with Crippen LogP contribution >= 0.6 is 11.3 Å². The van der Waals surface area contributed by atoms with E-state index < -0.39 is 0 Å². The number of benzene rings is 1. The molecule has 0 fully saturated rings. The molecule has 0 bridgehead atoms. The largest absolute Gasteiger partial charge is 0.325 e. The monoisotopic (exact) mass is 357 g/mol. The van der Waals surface area contributed by atoms with Crippen LogP contribution in [0.5, 0.6) is 0 Å². The van der Waals surface area contributed by atoms with E-state index in [1.165, 1.54) is 4.88 Å². The number of thiophene rings is 1. The molecule has 0 radical (unpaired) electrons. The van der Waals surface area contributed by atoms with Gasteiger partial charge in [-0.25, -0.2) is 0 Å². The fourth-order valence-electron chi connectivity index (χ4n) is 3.12. The number of fused-ring (bicyclic) bond motifs is 1. The highest BCUT2D eigenvalue weighted by Crippen LogP contribution is 2.30. The summed E-state index contributed by atoms with van der Waals surface area (Å²) < 4.78 is 0. The van der Waals surface area contributed by atoms with Crippen molar-refractivity contribution in [1.29, 1.82) is 0 Å². The van der Waals surface area contributed by atoms with Gasteiger partial charge in [-0.2, -0.15) is 0 Å². The van der Waals surface area contributed by atoms with Crippen LogP contribution in [-0.2, 0) is 16.0 Å². The molecule has 1 aromatic heterocycles. The Morgan fingerprint density at radius 1 is 1.36 bits per heavy atom. The number of carbonyl (C=O) groups is 2. The second-order valence-electron chi connectivity index (χ2n) is 6.42. The van der Waals surface area contributed by atoms with Crippen LogP contribution in [0.3, 0.4) is 0 Å². The molecule has 5 nitrogen and oxygen atoms in total. The molecule has 1 aliphatic heterocycles. The van der Waals surface area contributed by atoms with Crippen LogP contribution in [0, 0.1) is 0 Å². The Balaban J connectivity index is 1.61. The molecular weight excluding hydrogens is 334 g/mol. The lowest BCUT2D eigenvalue weighted by atomic mass is 10.1. The van der Waals surface area contributed by atoms with Crippen molar-refractivity contribution in [3.63, 3.8) is 0 Å². The highest BCUT2D eigenvalue weighted by atomic mass is 32.1. The van der Waals surface area contributed by atoms with E-state index >= 15 is 0 Å². The number of likely N-dealkylation sites (N-methyl/N-ethyl adjacent to an activating group) is 1. The molecule has 25 heavy (non-hydrogen) atoms. The first kappa shape index (κ1) is 17.6. The van der Waals surface area contributed by atoms with Crippen LogP contribution in [0.15, 0.2) is 35.7 Å². The predicted octanol–water partition coefficient (Wildman–Crippen LogP) is 3.29. The third kappa shape index (κ3) is 3.91. The van der Waals surface area contributed by atoms with Gasteiger partial charge in [0.25, 0.3) is 0 Å². The van der Waals surface area contributed by atoms with E-state index in [2.05, 4.69) is 23.7 Å². The predicted molar refractivity (Wildman–Crippen MR) is 102 cm³/mol. The van der Waals surface area contributed by atoms with Gasteiger partial charge in [0, 0.05) is 35.8 Å². The Morgan fingerprint density at radius 2 is 2.16 bits per heavy atom. The first-order valence-corrected chi connectivity index (χ1v) is 9.28. The van der Waals surface area contributed by atoms with Gasteiger partial charge in [-0.15, -0.1) is 11.3 Å². The summed E-state index contributed by atoms with van der Waals surface area (Å²) in [6, 6.07) is 10.1. The summed E-state index contributed by atoms with van der Waals surface area (Å²) in [7, 11) is 1.96. The second kappa shape index (κ2) is 7.37. The summed E-state index contributed by atoms with van der Waals surface area (Å²) in [6.45, 7) is 4.72. The molecule has 2 heterocycles. The molecule has 1 aliphatic rings. The van der Waals surface area contributed by atoms with Crippen molar-refractivity contribution >= 4 is 34.5 Å². The molecule has 0 aliphatic carbocycles. The van der Waals surface area contributed by atoms with Crippen molar-refractivity contribution in [3.05, 3.63) is 46.2 Å². The molecule has 1 unspecified atom stereocenters. The van der Waals surface area contributed by atoms with Gasteiger partial charge in [-0.1, -0.05) is 6.07 Å². The van der Waals surface area contributed by atoms with Crippen LogP contribution in [-0.4, -0.2) is 36.9 Å². The zero-order chi connectivity index (χ0) is 18.0. The molecule has 0 saturated carbocycles. The van der Waals surface area contributed by atoms with Gasteiger partial charge in [0.2, 0.25) is 11.8 Å². The Labute approximate surface area is 152 Å². The number of rotatable bonds is 5. The van der Waals surface area contributed by atoms with Gasteiger partial charge in [0.15, 0.2) is 0 Å². The number of hydrogen-bond donors (Lipinski definition) is 1. The molecule has 1 aromatic carbocycles. The molecule has 3 rings (SSSR count). The first-order chi connectivity index (χ1) is 12.0.